The number of nitro benzene ring substituents is 1. The van der Waals surface area contributed by atoms with E-state index >= 15 is 0 Å². The first-order valence-electron chi connectivity index (χ1n) is 6.10. The van der Waals surface area contributed by atoms with Gasteiger partial charge >= 0.3 is 0 Å². The maximum Gasteiger partial charge on any atom is 0.281 e. The number of benzene rings is 1. The zero-order chi connectivity index (χ0) is 14.8. The second-order valence-electron chi connectivity index (χ2n) is 4.34. The Kier molecular flexibility index (Phi) is 3.19. The number of aromatic amines is 1. The lowest BCUT2D eigenvalue weighted by Crippen LogP contribution is -2.04. The lowest BCUT2D eigenvalue weighted by Gasteiger charge is -2.09. The maximum absolute atomic E-state index is 14.1. The third-order valence-electron chi connectivity index (χ3n) is 3.03. The molecule has 0 bridgehead atoms. The van der Waals surface area contributed by atoms with E-state index in [-0.39, 0.29) is 22.3 Å². The Hall–Kier alpha value is -3.03. The van der Waals surface area contributed by atoms with E-state index in [0.717, 1.165) is 11.8 Å². The highest BCUT2D eigenvalue weighted by Gasteiger charge is 2.19. The largest absolute Gasteiger partial charge is 0.375 e. The van der Waals surface area contributed by atoms with Gasteiger partial charge in [0.25, 0.3) is 5.69 Å². The van der Waals surface area contributed by atoms with Gasteiger partial charge in [-0.15, -0.1) is 0 Å². The first kappa shape index (κ1) is 13.0. The predicted octanol–water partition coefficient (Wildman–Crippen LogP) is 2.62. The van der Waals surface area contributed by atoms with Gasteiger partial charge in [-0.2, -0.15) is 5.10 Å². The first-order chi connectivity index (χ1) is 10.2. The fourth-order valence-corrected chi connectivity index (χ4v) is 2.08. The normalized spacial score (nSPS) is 10.7. The van der Waals surface area contributed by atoms with Crippen molar-refractivity contribution in [1.82, 2.24) is 15.2 Å². The molecule has 0 saturated heterocycles. The summed E-state index contributed by atoms with van der Waals surface area (Å²) in [6.07, 6.45) is 3.05. The molecule has 1 aromatic carbocycles. The molecule has 2 N–H and O–H groups in total. The van der Waals surface area contributed by atoms with Gasteiger partial charge in [-0.1, -0.05) is 0 Å². The monoisotopic (exact) mass is 287 g/mol. The molecule has 0 radical (unpaired) electrons. The second kappa shape index (κ2) is 5.16. The molecule has 0 aliphatic rings. The molecule has 2 heterocycles. The number of nitrogens with zero attached hydrogens (tertiary/aromatic N) is 3. The van der Waals surface area contributed by atoms with E-state index in [0.29, 0.717) is 6.54 Å². The van der Waals surface area contributed by atoms with Gasteiger partial charge in [-0.25, -0.2) is 4.39 Å². The topological polar surface area (TPSA) is 96.7 Å². The fraction of sp³-hybridized carbons (Fsp3) is 0.0769. The number of hydrogen-bond donors (Lipinski definition) is 2. The summed E-state index contributed by atoms with van der Waals surface area (Å²) in [7, 11) is 0. The Morgan fingerprint density at radius 3 is 2.95 bits per heavy atom. The molecule has 0 atom stereocenters. The van der Waals surface area contributed by atoms with Crippen molar-refractivity contribution in [2.75, 3.05) is 5.32 Å². The van der Waals surface area contributed by atoms with Crippen LogP contribution in [0.15, 0.2) is 36.7 Å². The molecule has 0 aliphatic heterocycles. The summed E-state index contributed by atoms with van der Waals surface area (Å²) in [5.41, 5.74) is 0.814. The molecule has 3 aromatic rings. The van der Waals surface area contributed by atoms with E-state index in [2.05, 4.69) is 20.5 Å². The summed E-state index contributed by atoms with van der Waals surface area (Å²) in [6, 6.07) is 5.76. The summed E-state index contributed by atoms with van der Waals surface area (Å²) in [5.74, 6) is -0.715. The van der Waals surface area contributed by atoms with Crippen LogP contribution in [0, 0.1) is 15.9 Å². The summed E-state index contributed by atoms with van der Waals surface area (Å²) >= 11 is 0. The molecule has 0 unspecified atom stereocenters. The zero-order valence-electron chi connectivity index (χ0n) is 10.7. The number of aromatic nitrogens is 3. The minimum atomic E-state index is -0.715. The molecule has 106 valence electrons. The van der Waals surface area contributed by atoms with Crippen LogP contribution in [0.2, 0.25) is 0 Å². The van der Waals surface area contributed by atoms with Gasteiger partial charge < -0.3 is 5.32 Å². The molecule has 2 aromatic heterocycles. The Labute approximate surface area is 118 Å². The van der Waals surface area contributed by atoms with Crippen LogP contribution in [0.5, 0.6) is 0 Å². The highest BCUT2D eigenvalue weighted by atomic mass is 19.1. The third kappa shape index (κ3) is 2.38. The number of non-ortho nitro benzene ring substituents is 1. The molecular formula is C13H10FN5O2. The van der Waals surface area contributed by atoms with Crippen molar-refractivity contribution in [2.24, 2.45) is 0 Å². The molecule has 21 heavy (non-hydrogen) atoms. The Morgan fingerprint density at radius 2 is 2.24 bits per heavy atom. The van der Waals surface area contributed by atoms with Crippen molar-refractivity contribution >= 4 is 22.3 Å². The highest BCUT2D eigenvalue weighted by molar-refractivity contribution is 5.97. The van der Waals surface area contributed by atoms with Crippen molar-refractivity contribution in [1.29, 1.82) is 0 Å². The SMILES string of the molecule is O=[N+]([O-])c1cc(F)c(NCc2ccn[nH]2)c2ncccc12. The molecule has 3 rings (SSSR count). The smallest absolute Gasteiger partial charge is 0.281 e. The van der Waals surface area contributed by atoms with Crippen LogP contribution in [0.3, 0.4) is 0 Å². The molecule has 0 spiro atoms. The maximum atomic E-state index is 14.1. The van der Waals surface area contributed by atoms with Crippen molar-refractivity contribution in [3.63, 3.8) is 0 Å². The lowest BCUT2D eigenvalue weighted by atomic mass is 10.1. The van der Waals surface area contributed by atoms with Crippen LogP contribution in [0.4, 0.5) is 15.8 Å². The molecule has 0 saturated carbocycles. The van der Waals surface area contributed by atoms with Crippen molar-refractivity contribution in [3.05, 3.63) is 58.3 Å². The Morgan fingerprint density at radius 1 is 1.38 bits per heavy atom. The molecule has 0 amide bonds. The molecular weight excluding hydrogens is 277 g/mol. The summed E-state index contributed by atoms with van der Waals surface area (Å²) in [4.78, 5) is 14.4. The van der Waals surface area contributed by atoms with E-state index in [1.54, 1.807) is 24.4 Å². The number of rotatable bonds is 4. The van der Waals surface area contributed by atoms with Crippen LogP contribution in [0.25, 0.3) is 10.9 Å². The van der Waals surface area contributed by atoms with Crippen LogP contribution in [0.1, 0.15) is 5.69 Å². The number of halogens is 1. The Balaban J connectivity index is 2.08. The van der Waals surface area contributed by atoms with Gasteiger partial charge in [0.05, 0.1) is 34.3 Å². The van der Waals surface area contributed by atoms with Crippen LogP contribution >= 0.6 is 0 Å². The van der Waals surface area contributed by atoms with E-state index in [9.17, 15) is 14.5 Å². The van der Waals surface area contributed by atoms with Crippen LogP contribution < -0.4 is 5.32 Å². The first-order valence-corrected chi connectivity index (χ1v) is 6.10. The number of H-pyrrole nitrogens is 1. The van der Waals surface area contributed by atoms with Crippen LogP contribution in [-0.4, -0.2) is 20.1 Å². The standard InChI is InChI=1S/C13H10FN5O2/c14-10-6-11(19(20)21)9-2-1-4-15-12(9)13(10)16-7-8-3-5-17-18-8/h1-6,16H,7H2,(H,17,18). The summed E-state index contributed by atoms with van der Waals surface area (Å²) < 4.78 is 14.1. The summed E-state index contributed by atoms with van der Waals surface area (Å²) in [6.45, 7) is 0.306. The number of pyridine rings is 1. The van der Waals surface area contributed by atoms with Gasteiger partial charge in [0.1, 0.15) is 5.52 Å². The number of anilines is 1. The van der Waals surface area contributed by atoms with E-state index < -0.39 is 10.7 Å². The van der Waals surface area contributed by atoms with Gasteiger partial charge in [0, 0.05) is 12.4 Å². The number of hydrogen-bond acceptors (Lipinski definition) is 5. The number of nitrogens with one attached hydrogen (secondary N) is 2. The average molecular weight is 287 g/mol. The molecule has 0 aliphatic carbocycles. The second-order valence-corrected chi connectivity index (χ2v) is 4.34. The van der Waals surface area contributed by atoms with Crippen molar-refractivity contribution in [2.45, 2.75) is 6.54 Å². The van der Waals surface area contributed by atoms with Gasteiger partial charge in [0.15, 0.2) is 5.82 Å². The molecule has 8 heteroatoms. The number of fused-ring (bicyclic) bond motifs is 1. The quantitative estimate of drug-likeness (QED) is 0.568. The summed E-state index contributed by atoms with van der Waals surface area (Å²) in [5, 5.41) is 20.7. The zero-order valence-corrected chi connectivity index (χ0v) is 10.7. The average Bonchev–Trinajstić information content (AvgIpc) is 2.98. The highest BCUT2D eigenvalue weighted by Crippen LogP contribution is 2.32. The minimum Gasteiger partial charge on any atom is -0.375 e. The fourth-order valence-electron chi connectivity index (χ4n) is 2.08. The predicted molar refractivity (Wildman–Crippen MR) is 74.3 cm³/mol. The number of nitro groups is 1. The van der Waals surface area contributed by atoms with Gasteiger partial charge in [-0.05, 0) is 18.2 Å². The Bertz CT molecular complexity index is 804. The van der Waals surface area contributed by atoms with E-state index in [1.165, 1.54) is 6.20 Å². The van der Waals surface area contributed by atoms with Gasteiger partial charge in [-0.3, -0.25) is 20.2 Å². The molecule has 7 nitrogen and oxygen atoms in total. The van der Waals surface area contributed by atoms with E-state index in [1.807, 2.05) is 0 Å². The van der Waals surface area contributed by atoms with Gasteiger partial charge in [0.2, 0.25) is 0 Å². The van der Waals surface area contributed by atoms with E-state index in [4.69, 9.17) is 0 Å². The minimum absolute atomic E-state index is 0.130. The molecule has 0 fully saturated rings. The van der Waals surface area contributed by atoms with Crippen molar-refractivity contribution < 1.29 is 9.31 Å². The third-order valence-corrected chi connectivity index (χ3v) is 3.03. The lowest BCUT2D eigenvalue weighted by molar-refractivity contribution is -0.383. The van der Waals surface area contributed by atoms with Crippen molar-refractivity contribution in [3.8, 4) is 0 Å². The van der Waals surface area contributed by atoms with Crippen LogP contribution in [-0.2, 0) is 6.54 Å².